The summed E-state index contributed by atoms with van der Waals surface area (Å²) >= 11 is 0. The molecule has 0 fully saturated rings. The largest absolute Gasteiger partial charge is 0.465 e. The average Bonchev–Trinajstić information content (AvgIpc) is 1.91. The van der Waals surface area contributed by atoms with Crippen LogP contribution in [0.2, 0.25) is 0 Å². The maximum absolute atomic E-state index is 9.40. The lowest BCUT2D eigenvalue weighted by molar-refractivity contribution is -0.129. The summed E-state index contributed by atoms with van der Waals surface area (Å²) in [6.07, 6.45) is 1.75. The van der Waals surface area contributed by atoms with Crippen molar-refractivity contribution in [2.45, 2.75) is 6.92 Å². The monoisotopic (exact) mass is 146 g/mol. The molecule has 10 heavy (non-hydrogen) atoms. The Morgan fingerprint density at radius 1 is 1.50 bits per heavy atom. The summed E-state index contributed by atoms with van der Waals surface area (Å²) in [5.74, 6) is 0. The number of rotatable bonds is 4. The van der Waals surface area contributed by atoms with Crippen molar-refractivity contribution in [3.63, 3.8) is 0 Å². The Kier molecular flexibility index (Phi) is 18.7. The van der Waals surface area contributed by atoms with E-state index in [1.807, 2.05) is 6.92 Å². The van der Waals surface area contributed by atoms with Gasteiger partial charge in [-0.1, -0.05) is 6.08 Å². The molecule has 0 N–H and O–H groups in total. The first kappa shape index (κ1) is 11.9. The van der Waals surface area contributed by atoms with E-state index in [2.05, 4.69) is 16.1 Å². The fourth-order valence-electron chi connectivity index (χ4n) is 0.180. The quantitative estimate of drug-likeness (QED) is 0.337. The summed E-state index contributed by atoms with van der Waals surface area (Å²) < 4.78 is 8.83. The number of carbonyl (C=O) groups excluding carboxylic acids is 1. The van der Waals surface area contributed by atoms with Gasteiger partial charge in [0.25, 0.3) is 6.47 Å². The molecule has 0 saturated heterocycles. The maximum atomic E-state index is 9.40. The topological polar surface area (TPSA) is 35.5 Å². The molecule has 0 spiro atoms. The zero-order valence-electron chi connectivity index (χ0n) is 6.50. The minimum absolute atomic E-state index is 0.347. The molecule has 0 atom stereocenters. The van der Waals surface area contributed by atoms with Crippen molar-refractivity contribution in [3.8, 4) is 0 Å². The number of allylic oxidation sites excluding steroid dienone is 1. The van der Waals surface area contributed by atoms with E-state index in [4.69, 9.17) is 0 Å². The van der Waals surface area contributed by atoms with E-state index in [1.54, 1.807) is 13.2 Å². The zero-order valence-corrected chi connectivity index (χ0v) is 6.50. The van der Waals surface area contributed by atoms with E-state index < -0.39 is 0 Å². The Hall–Kier alpha value is -0.830. The molecule has 0 aromatic rings. The van der Waals surface area contributed by atoms with Gasteiger partial charge in [-0.2, -0.15) is 0 Å². The van der Waals surface area contributed by atoms with Gasteiger partial charge < -0.3 is 9.47 Å². The lowest BCUT2D eigenvalue weighted by Gasteiger charge is -1.92. The smallest absolute Gasteiger partial charge is 0.293 e. The lowest BCUT2D eigenvalue weighted by atomic mass is 10.8. The average molecular weight is 146 g/mol. The van der Waals surface area contributed by atoms with Crippen LogP contribution in [0.3, 0.4) is 0 Å². The Morgan fingerprint density at radius 3 is 2.30 bits per heavy atom. The van der Waals surface area contributed by atoms with Crippen LogP contribution < -0.4 is 0 Å². The van der Waals surface area contributed by atoms with Gasteiger partial charge in [0.15, 0.2) is 0 Å². The summed E-state index contributed by atoms with van der Waals surface area (Å²) in [7, 11) is 1.55. The molecule has 60 valence electrons. The van der Waals surface area contributed by atoms with Gasteiger partial charge in [-0.15, -0.1) is 6.58 Å². The Morgan fingerprint density at radius 2 is 2.00 bits per heavy atom. The van der Waals surface area contributed by atoms with Crippen LogP contribution in [-0.4, -0.2) is 26.8 Å². The molecule has 3 heteroatoms. The number of ether oxygens (including phenoxy) is 2. The van der Waals surface area contributed by atoms with Gasteiger partial charge in [0.2, 0.25) is 0 Å². The van der Waals surface area contributed by atoms with Gasteiger partial charge in [-0.3, -0.25) is 4.79 Å². The summed E-state index contributed by atoms with van der Waals surface area (Å²) in [5, 5.41) is 0. The van der Waals surface area contributed by atoms with Crippen LogP contribution in [-0.2, 0) is 14.3 Å². The molecule has 0 radical (unpaired) electrons. The maximum Gasteiger partial charge on any atom is 0.293 e. The third-order valence-electron chi connectivity index (χ3n) is 0.473. The standard InChI is InChI=1S/C4H8O3.C3H6/c1-6-2-3-7-4-5;1-3-2/h4H,2-3H2,1H3;3H,1H2,2H3. The van der Waals surface area contributed by atoms with E-state index in [-0.39, 0.29) is 0 Å². The van der Waals surface area contributed by atoms with Crippen molar-refractivity contribution in [1.82, 2.24) is 0 Å². The fourth-order valence-corrected chi connectivity index (χ4v) is 0.180. The summed E-state index contributed by atoms with van der Waals surface area (Å²) in [4.78, 5) is 9.40. The molecular formula is C7H14O3. The summed E-state index contributed by atoms with van der Waals surface area (Å²) in [6, 6.07) is 0. The van der Waals surface area contributed by atoms with E-state index in [1.165, 1.54) is 0 Å². The van der Waals surface area contributed by atoms with Crippen LogP contribution in [0.1, 0.15) is 6.92 Å². The third kappa shape index (κ3) is 27.2. The Labute approximate surface area is 61.6 Å². The van der Waals surface area contributed by atoms with Crippen molar-refractivity contribution in [1.29, 1.82) is 0 Å². The van der Waals surface area contributed by atoms with E-state index in [0.717, 1.165) is 0 Å². The van der Waals surface area contributed by atoms with Gasteiger partial charge >= 0.3 is 0 Å². The number of hydrogen-bond acceptors (Lipinski definition) is 3. The van der Waals surface area contributed by atoms with Crippen molar-refractivity contribution in [2.24, 2.45) is 0 Å². The molecule has 0 rings (SSSR count). The zero-order chi connectivity index (χ0) is 8.24. The number of carbonyl (C=O) groups is 1. The molecule has 0 aromatic carbocycles. The highest BCUT2D eigenvalue weighted by atomic mass is 16.5. The van der Waals surface area contributed by atoms with Crippen molar-refractivity contribution < 1.29 is 14.3 Å². The highest BCUT2D eigenvalue weighted by molar-refractivity contribution is 5.36. The predicted octanol–water partition coefficient (Wildman–Crippen LogP) is 0.998. The molecule has 0 heterocycles. The van der Waals surface area contributed by atoms with E-state index in [9.17, 15) is 4.79 Å². The van der Waals surface area contributed by atoms with Crippen molar-refractivity contribution in [2.75, 3.05) is 20.3 Å². The van der Waals surface area contributed by atoms with Crippen LogP contribution in [0.25, 0.3) is 0 Å². The first-order chi connectivity index (χ1) is 4.83. The van der Waals surface area contributed by atoms with Crippen LogP contribution in [0.15, 0.2) is 12.7 Å². The van der Waals surface area contributed by atoms with Gasteiger partial charge in [-0.25, -0.2) is 0 Å². The minimum Gasteiger partial charge on any atom is -0.465 e. The lowest BCUT2D eigenvalue weighted by Crippen LogP contribution is -1.98. The Bertz CT molecular complexity index is 71.3. The molecule has 0 aromatic heterocycles. The van der Waals surface area contributed by atoms with Gasteiger partial charge in [0.1, 0.15) is 6.61 Å². The molecule has 0 unspecified atom stereocenters. The molecule has 0 amide bonds. The number of methoxy groups -OCH3 is 1. The first-order valence-electron chi connectivity index (χ1n) is 2.94. The van der Waals surface area contributed by atoms with Gasteiger partial charge in [0, 0.05) is 7.11 Å². The van der Waals surface area contributed by atoms with Crippen molar-refractivity contribution in [3.05, 3.63) is 12.7 Å². The third-order valence-corrected chi connectivity index (χ3v) is 0.473. The number of hydrogen-bond donors (Lipinski definition) is 0. The van der Waals surface area contributed by atoms with E-state index >= 15 is 0 Å². The molecule has 3 nitrogen and oxygen atoms in total. The molecule has 0 aliphatic rings. The van der Waals surface area contributed by atoms with E-state index in [0.29, 0.717) is 19.7 Å². The fraction of sp³-hybridized carbons (Fsp3) is 0.571. The highest BCUT2D eigenvalue weighted by Crippen LogP contribution is 1.66. The summed E-state index contributed by atoms with van der Waals surface area (Å²) in [6.45, 7) is 6.47. The molecule has 0 aliphatic carbocycles. The predicted molar refractivity (Wildman–Crippen MR) is 39.8 cm³/mol. The van der Waals surface area contributed by atoms with Crippen LogP contribution in [0, 0.1) is 0 Å². The SMILES string of the molecule is C=CC.COCCOC=O. The highest BCUT2D eigenvalue weighted by Gasteiger charge is 1.77. The summed E-state index contributed by atoms with van der Waals surface area (Å²) in [5.41, 5.74) is 0. The first-order valence-corrected chi connectivity index (χ1v) is 2.94. The molecule has 0 aliphatic heterocycles. The minimum atomic E-state index is 0.347. The second-order valence-electron chi connectivity index (χ2n) is 1.37. The van der Waals surface area contributed by atoms with Crippen LogP contribution >= 0.6 is 0 Å². The van der Waals surface area contributed by atoms with Crippen LogP contribution in [0.5, 0.6) is 0 Å². The normalized spacial score (nSPS) is 7.00. The second-order valence-corrected chi connectivity index (χ2v) is 1.37. The van der Waals surface area contributed by atoms with Gasteiger partial charge in [0.05, 0.1) is 6.61 Å². The Balaban J connectivity index is 0. The molecular weight excluding hydrogens is 132 g/mol. The van der Waals surface area contributed by atoms with Crippen molar-refractivity contribution >= 4 is 6.47 Å². The van der Waals surface area contributed by atoms with Crippen LogP contribution in [0.4, 0.5) is 0 Å². The molecule has 0 bridgehead atoms. The van der Waals surface area contributed by atoms with Gasteiger partial charge in [-0.05, 0) is 6.92 Å². The second kappa shape index (κ2) is 15.7. The molecule has 0 saturated carbocycles.